The number of hydrogen-bond donors (Lipinski definition) is 3. The van der Waals surface area contributed by atoms with E-state index < -0.39 is 5.91 Å². The number of rotatable bonds is 4. The van der Waals surface area contributed by atoms with E-state index in [1.54, 1.807) is 13.0 Å². The Bertz CT molecular complexity index is 1140. The molecule has 0 saturated carbocycles. The summed E-state index contributed by atoms with van der Waals surface area (Å²) in [5, 5.41) is 27.0. The topological polar surface area (TPSA) is 95.6 Å². The van der Waals surface area contributed by atoms with Crippen LogP contribution in [0.5, 0.6) is 11.5 Å². The van der Waals surface area contributed by atoms with Crippen molar-refractivity contribution in [2.75, 3.05) is 6.54 Å². The SMILES string of the molecule is CCNC(=O)c1noc(-c2cc(C(C)C)c(O)cc2O)c1C#Cc1ccc(F)cc1. The standard InChI is InChI=1S/C23H21FN2O4/c1-4-25-23(29)21-16(10-7-14-5-8-15(24)9-6-14)22(30-26-21)18-11-17(13(2)3)19(27)12-20(18)28/h5-6,8-9,11-13,27-28H,4H2,1-3H3,(H,25,29). The van der Waals surface area contributed by atoms with E-state index in [2.05, 4.69) is 22.3 Å². The predicted octanol–water partition coefficient (Wildman–Crippen LogP) is 4.16. The van der Waals surface area contributed by atoms with E-state index in [0.29, 0.717) is 17.7 Å². The van der Waals surface area contributed by atoms with E-state index in [-0.39, 0.29) is 45.8 Å². The Morgan fingerprint density at radius 1 is 1.17 bits per heavy atom. The van der Waals surface area contributed by atoms with Crippen LogP contribution in [0.25, 0.3) is 11.3 Å². The number of amides is 1. The third kappa shape index (κ3) is 4.28. The average Bonchev–Trinajstić information content (AvgIpc) is 3.11. The minimum atomic E-state index is -0.474. The van der Waals surface area contributed by atoms with Crippen molar-refractivity contribution in [2.24, 2.45) is 0 Å². The number of carbonyl (C=O) groups is 1. The number of nitrogens with zero attached hydrogens (tertiary/aromatic N) is 1. The number of phenols is 2. The summed E-state index contributed by atoms with van der Waals surface area (Å²) >= 11 is 0. The van der Waals surface area contributed by atoms with Crippen LogP contribution < -0.4 is 5.32 Å². The molecule has 0 spiro atoms. The molecule has 1 amide bonds. The summed E-state index contributed by atoms with van der Waals surface area (Å²) in [5.41, 5.74) is 1.53. The monoisotopic (exact) mass is 408 g/mol. The van der Waals surface area contributed by atoms with E-state index in [1.165, 1.54) is 30.3 Å². The molecule has 0 atom stereocenters. The van der Waals surface area contributed by atoms with E-state index in [9.17, 15) is 19.4 Å². The molecule has 3 aromatic rings. The Morgan fingerprint density at radius 2 is 1.87 bits per heavy atom. The van der Waals surface area contributed by atoms with Crippen molar-refractivity contribution in [2.45, 2.75) is 26.7 Å². The van der Waals surface area contributed by atoms with Crippen LogP contribution in [-0.2, 0) is 0 Å². The Morgan fingerprint density at radius 3 is 2.50 bits per heavy atom. The number of nitrogens with one attached hydrogen (secondary N) is 1. The van der Waals surface area contributed by atoms with Gasteiger partial charge in [0.25, 0.3) is 5.91 Å². The molecule has 7 heteroatoms. The molecular weight excluding hydrogens is 387 g/mol. The van der Waals surface area contributed by atoms with Crippen molar-refractivity contribution in [3.05, 3.63) is 64.6 Å². The quantitative estimate of drug-likeness (QED) is 0.564. The van der Waals surface area contributed by atoms with Crippen LogP contribution in [0.2, 0.25) is 0 Å². The summed E-state index contributed by atoms with van der Waals surface area (Å²) in [7, 11) is 0. The molecule has 0 fully saturated rings. The van der Waals surface area contributed by atoms with E-state index >= 15 is 0 Å². The molecule has 2 aromatic carbocycles. The highest BCUT2D eigenvalue weighted by molar-refractivity contribution is 5.97. The number of halogens is 1. The maximum absolute atomic E-state index is 13.1. The lowest BCUT2D eigenvalue weighted by Gasteiger charge is -2.11. The number of benzene rings is 2. The van der Waals surface area contributed by atoms with Gasteiger partial charge in [-0.15, -0.1) is 0 Å². The van der Waals surface area contributed by atoms with Gasteiger partial charge in [-0.3, -0.25) is 4.79 Å². The summed E-state index contributed by atoms with van der Waals surface area (Å²) in [6, 6.07) is 8.39. The van der Waals surface area contributed by atoms with E-state index in [0.717, 1.165) is 0 Å². The van der Waals surface area contributed by atoms with Gasteiger partial charge in [0.15, 0.2) is 11.5 Å². The maximum Gasteiger partial charge on any atom is 0.274 e. The molecule has 0 radical (unpaired) electrons. The van der Waals surface area contributed by atoms with Gasteiger partial charge >= 0.3 is 0 Å². The summed E-state index contributed by atoms with van der Waals surface area (Å²) in [6.07, 6.45) is 0. The number of aromatic nitrogens is 1. The van der Waals surface area contributed by atoms with Gasteiger partial charge in [0, 0.05) is 18.2 Å². The Hall–Kier alpha value is -3.79. The van der Waals surface area contributed by atoms with Crippen LogP contribution in [-0.4, -0.2) is 27.8 Å². The Balaban J connectivity index is 2.18. The van der Waals surface area contributed by atoms with E-state index in [4.69, 9.17) is 4.52 Å². The molecule has 6 nitrogen and oxygen atoms in total. The van der Waals surface area contributed by atoms with Gasteiger partial charge in [0.2, 0.25) is 0 Å². The highest BCUT2D eigenvalue weighted by Crippen LogP contribution is 2.39. The second-order valence-corrected chi connectivity index (χ2v) is 6.93. The number of aromatic hydroxyl groups is 2. The minimum absolute atomic E-state index is 0.0242. The van der Waals surface area contributed by atoms with Crippen LogP contribution in [0, 0.1) is 17.7 Å². The lowest BCUT2D eigenvalue weighted by molar-refractivity contribution is 0.0946. The van der Waals surface area contributed by atoms with Crippen LogP contribution >= 0.6 is 0 Å². The van der Waals surface area contributed by atoms with Gasteiger partial charge < -0.3 is 20.1 Å². The molecule has 154 valence electrons. The highest BCUT2D eigenvalue weighted by Gasteiger charge is 2.25. The maximum atomic E-state index is 13.1. The molecule has 0 aliphatic rings. The molecule has 1 heterocycles. The van der Waals surface area contributed by atoms with E-state index in [1.807, 2.05) is 13.8 Å². The molecular formula is C23H21FN2O4. The van der Waals surface area contributed by atoms with Crippen molar-refractivity contribution in [1.82, 2.24) is 10.5 Å². The summed E-state index contributed by atoms with van der Waals surface area (Å²) in [5.74, 6) is 4.66. The van der Waals surface area contributed by atoms with Gasteiger partial charge in [-0.1, -0.05) is 30.8 Å². The smallest absolute Gasteiger partial charge is 0.274 e. The fraction of sp³-hybridized carbons (Fsp3) is 0.217. The fourth-order valence-electron chi connectivity index (χ4n) is 2.90. The van der Waals surface area contributed by atoms with Gasteiger partial charge in [0.05, 0.1) is 5.56 Å². The lowest BCUT2D eigenvalue weighted by atomic mass is 9.96. The molecule has 0 bridgehead atoms. The highest BCUT2D eigenvalue weighted by atomic mass is 19.1. The van der Waals surface area contributed by atoms with Crippen molar-refractivity contribution in [3.63, 3.8) is 0 Å². The third-order valence-electron chi connectivity index (χ3n) is 4.43. The molecule has 0 unspecified atom stereocenters. The summed E-state index contributed by atoms with van der Waals surface area (Å²) < 4.78 is 18.5. The molecule has 3 rings (SSSR count). The number of carbonyl (C=O) groups excluding carboxylic acids is 1. The van der Waals surface area contributed by atoms with Crippen LogP contribution in [0.3, 0.4) is 0 Å². The fourth-order valence-corrected chi connectivity index (χ4v) is 2.90. The van der Waals surface area contributed by atoms with Crippen LogP contribution in [0.4, 0.5) is 4.39 Å². The first-order chi connectivity index (χ1) is 14.3. The zero-order valence-corrected chi connectivity index (χ0v) is 16.8. The molecule has 3 N–H and O–H groups in total. The van der Waals surface area contributed by atoms with Crippen LogP contribution in [0.1, 0.15) is 53.9 Å². The molecule has 1 aromatic heterocycles. The Kier molecular flexibility index (Phi) is 6.07. The van der Waals surface area contributed by atoms with Gasteiger partial charge in [-0.25, -0.2) is 4.39 Å². The van der Waals surface area contributed by atoms with Crippen molar-refractivity contribution in [3.8, 4) is 34.7 Å². The first-order valence-corrected chi connectivity index (χ1v) is 9.43. The molecule has 0 aliphatic carbocycles. The minimum Gasteiger partial charge on any atom is -0.508 e. The van der Waals surface area contributed by atoms with Crippen molar-refractivity contribution < 1.29 is 23.9 Å². The zero-order valence-electron chi connectivity index (χ0n) is 16.8. The first-order valence-electron chi connectivity index (χ1n) is 9.43. The first kappa shape index (κ1) is 20.9. The number of phenolic OH excluding ortho intramolecular Hbond substituents is 2. The van der Waals surface area contributed by atoms with Crippen molar-refractivity contribution in [1.29, 1.82) is 0 Å². The summed E-state index contributed by atoms with van der Waals surface area (Å²) in [6.45, 7) is 5.94. The molecule has 30 heavy (non-hydrogen) atoms. The number of hydrogen-bond acceptors (Lipinski definition) is 5. The second-order valence-electron chi connectivity index (χ2n) is 6.93. The lowest BCUT2D eigenvalue weighted by Crippen LogP contribution is -2.23. The van der Waals surface area contributed by atoms with Crippen molar-refractivity contribution >= 4 is 5.91 Å². The second kappa shape index (κ2) is 8.70. The van der Waals surface area contributed by atoms with Crippen LogP contribution in [0.15, 0.2) is 40.9 Å². The molecule has 0 saturated heterocycles. The van der Waals surface area contributed by atoms with Gasteiger partial charge in [0.1, 0.15) is 22.9 Å². The normalized spacial score (nSPS) is 10.6. The third-order valence-corrected chi connectivity index (χ3v) is 4.43. The largest absolute Gasteiger partial charge is 0.508 e. The predicted molar refractivity (Wildman–Crippen MR) is 110 cm³/mol. The van der Waals surface area contributed by atoms with Gasteiger partial charge in [-0.2, -0.15) is 0 Å². The van der Waals surface area contributed by atoms with Gasteiger partial charge in [-0.05, 0) is 48.7 Å². The zero-order chi connectivity index (χ0) is 21.8. The molecule has 0 aliphatic heterocycles. The summed E-state index contributed by atoms with van der Waals surface area (Å²) in [4.78, 5) is 12.4. The Labute approximate surface area is 173 Å². The average molecular weight is 408 g/mol.